The van der Waals surface area contributed by atoms with E-state index in [1.54, 1.807) is 7.05 Å². The van der Waals surface area contributed by atoms with Gasteiger partial charge in [-0.3, -0.25) is 13.9 Å². The molecule has 0 unspecified atom stereocenters. The van der Waals surface area contributed by atoms with E-state index in [1.165, 1.54) is 17.7 Å². The number of nitrogens with zero attached hydrogens (tertiary/aromatic N) is 2. The van der Waals surface area contributed by atoms with E-state index in [0.717, 1.165) is 23.2 Å². The van der Waals surface area contributed by atoms with E-state index < -0.39 is 0 Å². The normalized spacial score (nSPS) is 11.1. The van der Waals surface area contributed by atoms with E-state index in [0.29, 0.717) is 12.5 Å². The summed E-state index contributed by atoms with van der Waals surface area (Å²) in [7, 11) is 3.17. The predicted molar refractivity (Wildman–Crippen MR) is 68.1 cm³/mol. The summed E-state index contributed by atoms with van der Waals surface area (Å²) in [5, 5.41) is 3.24. The van der Waals surface area contributed by atoms with Gasteiger partial charge >= 0.3 is 5.69 Å². The van der Waals surface area contributed by atoms with Crippen molar-refractivity contribution in [1.29, 1.82) is 0 Å². The molecule has 0 saturated heterocycles. The molecule has 5 nitrogen and oxygen atoms in total. The van der Waals surface area contributed by atoms with Gasteiger partial charge in [0, 0.05) is 32.4 Å². The van der Waals surface area contributed by atoms with Crippen molar-refractivity contribution in [3.63, 3.8) is 0 Å². The van der Waals surface area contributed by atoms with Gasteiger partial charge in [0.15, 0.2) is 0 Å². The lowest BCUT2D eigenvalue weighted by Crippen LogP contribution is -2.39. The van der Waals surface area contributed by atoms with Crippen molar-refractivity contribution in [3.8, 4) is 0 Å². The fourth-order valence-electron chi connectivity index (χ4n) is 1.56. The standard InChI is InChI=1S/C12H21N3O2/c1-9(2)5-6-13-8-10-7-11(16)15(4)12(17)14(10)3/h7,9,13H,5-6,8H2,1-4H3. The molecule has 0 radical (unpaired) electrons. The molecule has 0 bridgehead atoms. The second kappa shape index (κ2) is 5.82. The molecule has 0 aromatic carbocycles. The third kappa shape index (κ3) is 3.56. The third-order valence-electron chi connectivity index (χ3n) is 2.83. The van der Waals surface area contributed by atoms with Crippen molar-refractivity contribution in [2.45, 2.75) is 26.8 Å². The van der Waals surface area contributed by atoms with Crippen LogP contribution >= 0.6 is 0 Å². The molecule has 0 fully saturated rings. The lowest BCUT2D eigenvalue weighted by molar-refractivity contribution is 0.524. The minimum atomic E-state index is -0.279. The van der Waals surface area contributed by atoms with Crippen LogP contribution in [0, 0.1) is 5.92 Å². The number of aromatic nitrogens is 2. The lowest BCUT2D eigenvalue weighted by Gasteiger charge is -2.11. The molecule has 1 heterocycles. The van der Waals surface area contributed by atoms with Crippen LogP contribution < -0.4 is 16.6 Å². The van der Waals surface area contributed by atoms with Gasteiger partial charge < -0.3 is 5.32 Å². The molecule has 96 valence electrons. The van der Waals surface area contributed by atoms with Gasteiger partial charge in [0.05, 0.1) is 0 Å². The Morgan fingerprint density at radius 3 is 2.47 bits per heavy atom. The molecule has 17 heavy (non-hydrogen) atoms. The van der Waals surface area contributed by atoms with Crippen LogP contribution in [0.5, 0.6) is 0 Å². The highest BCUT2D eigenvalue weighted by Gasteiger charge is 2.05. The Morgan fingerprint density at radius 1 is 1.24 bits per heavy atom. The van der Waals surface area contributed by atoms with Crippen LogP contribution in [-0.2, 0) is 20.6 Å². The van der Waals surface area contributed by atoms with Gasteiger partial charge in [0.25, 0.3) is 5.56 Å². The summed E-state index contributed by atoms with van der Waals surface area (Å²) in [6, 6.07) is 1.50. The van der Waals surface area contributed by atoms with E-state index in [2.05, 4.69) is 19.2 Å². The van der Waals surface area contributed by atoms with Gasteiger partial charge in [-0.1, -0.05) is 13.8 Å². The Morgan fingerprint density at radius 2 is 1.88 bits per heavy atom. The van der Waals surface area contributed by atoms with Crippen molar-refractivity contribution in [3.05, 3.63) is 32.6 Å². The zero-order valence-corrected chi connectivity index (χ0v) is 11.0. The monoisotopic (exact) mass is 239 g/mol. The van der Waals surface area contributed by atoms with Crippen molar-refractivity contribution in [1.82, 2.24) is 14.5 Å². The van der Waals surface area contributed by atoms with E-state index in [-0.39, 0.29) is 11.2 Å². The van der Waals surface area contributed by atoms with Gasteiger partial charge in [-0.15, -0.1) is 0 Å². The summed E-state index contributed by atoms with van der Waals surface area (Å²) in [6.07, 6.45) is 1.08. The molecule has 0 aliphatic carbocycles. The van der Waals surface area contributed by atoms with E-state index in [4.69, 9.17) is 0 Å². The molecule has 1 N–H and O–H groups in total. The summed E-state index contributed by atoms with van der Waals surface area (Å²) in [6.45, 7) is 5.76. The number of nitrogens with one attached hydrogen (secondary N) is 1. The summed E-state index contributed by atoms with van der Waals surface area (Å²) in [5.74, 6) is 0.648. The van der Waals surface area contributed by atoms with E-state index in [1.807, 2.05) is 0 Å². The van der Waals surface area contributed by atoms with Crippen LogP contribution in [0.4, 0.5) is 0 Å². The zero-order valence-electron chi connectivity index (χ0n) is 11.0. The molecule has 0 amide bonds. The van der Waals surface area contributed by atoms with E-state index >= 15 is 0 Å². The molecule has 0 spiro atoms. The van der Waals surface area contributed by atoms with Crippen LogP contribution in [0.2, 0.25) is 0 Å². The number of hydrogen-bond acceptors (Lipinski definition) is 3. The molecule has 0 saturated carbocycles. The average Bonchev–Trinajstić information content (AvgIpc) is 2.27. The van der Waals surface area contributed by atoms with Gasteiger partial charge in [-0.25, -0.2) is 4.79 Å². The molecule has 0 atom stereocenters. The molecule has 0 aliphatic rings. The fourth-order valence-corrected chi connectivity index (χ4v) is 1.56. The second-order valence-corrected chi connectivity index (χ2v) is 4.73. The average molecular weight is 239 g/mol. The molecule has 1 aromatic rings. The Labute approximate surface area is 101 Å². The van der Waals surface area contributed by atoms with Crippen molar-refractivity contribution >= 4 is 0 Å². The first-order chi connectivity index (χ1) is 7.93. The summed E-state index contributed by atoms with van der Waals surface area (Å²) in [5.41, 5.74) is 0.189. The van der Waals surface area contributed by atoms with Crippen LogP contribution in [0.3, 0.4) is 0 Å². The van der Waals surface area contributed by atoms with Crippen molar-refractivity contribution in [2.75, 3.05) is 6.54 Å². The van der Waals surface area contributed by atoms with Crippen LogP contribution in [-0.4, -0.2) is 15.7 Å². The Balaban J connectivity index is 2.73. The van der Waals surface area contributed by atoms with Gasteiger partial charge in [-0.05, 0) is 18.9 Å². The van der Waals surface area contributed by atoms with Gasteiger partial charge in [0.1, 0.15) is 0 Å². The summed E-state index contributed by atoms with van der Waals surface area (Å²) < 4.78 is 2.61. The van der Waals surface area contributed by atoms with Crippen LogP contribution in [0.1, 0.15) is 26.0 Å². The van der Waals surface area contributed by atoms with Crippen LogP contribution in [0.15, 0.2) is 15.7 Å². The Hall–Kier alpha value is -1.36. The van der Waals surface area contributed by atoms with Crippen LogP contribution in [0.25, 0.3) is 0 Å². The van der Waals surface area contributed by atoms with Gasteiger partial charge in [0.2, 0.25) is 0 Å². The fraction of sp³-hybridized carbons (Fsp3) is 0.667. The largest absolute Gasteiger partial charge is 0.330 e. The smallest absolute Gasteiger partial charge is 0.311 e. The number of hydrogen-bond donors (Lipinski definition) is 1. The SMILES string of the molecule is CC(C)CCNCc1cc(=O)n(C)c(=O)n1C. The first-order valence-corrected chi connectivity index (χ1v) is 5.90. The maximum atomic E-state index is 11.6. The minimum Gasteiger partial charge on any atom is -0.311 e. The summed E-state index contributed by atoms with van der Waals surface area (Å²) in [4.78, 5) is 23.1. The first-order valence-electron chi connectivity index (χ1n) is 5.90. The molecule has 5 heteroatoms. The lowest BCUT2D eigenvalue weighted by atomic mass is 10.1. The molecule has 1 aromatic heterocycles. The molecular weight excluding hydrogens is 218 g/mol. The zero-order chi connectivity index (χ0) is 13.0. The highest BCUT2D eigenvalue weighted by atomic mass is 16.2. The van der Waals surface area contributed by atoms with E-state index in [9.17, 15) is 9.59 Å². The summed E-state index contributed by atoms with van der Waals surface area (Å²) >= 11 is 0. The predicted octanol–water partition coefficient (Wildman–Crippen LogP) is 0.220. The number of rotatable bonds is 5. The van der Waals surface area contributed by atoms with Crippen molar-refractivity contribution < 1.29 is 0 Å². The molecule has 0 aliphatic heterocycles. The second-order valence-electron chi connectivity index (χ2n) is 4.73. The minimum absolute atomic E-state index is 0.256. The Bertz CT molecular complexity index is 486. The Kier molecular flexibility index (Phi) is 4.69. The highest BCUT2D eigenvalue weighted by Crippen LogP contribution is 1.97. The topological polar surface area (TPSA) is 56.0 Å². The third-order valence-corrected chi connectivity index (χ3v) is 2.83. The molecule has 1 rings (SSSR count). The first kappa shape index (κ1) is 13.7. The quantitative estimate of drug-likeness (QED) is 0.748. The maximum Gasteiger partial charge on any atom is 0.330 e. The van der Waals surface area contributed by atoms with Crippen molar-refractivity contribution in [2.24, 2.45) is 20.0 Å². The van der Waals surface area contributed by atoms with Gasteiger partial charge in [-0.2, -0.15) is 0 Å². The highest BCUT2D eigenvalue weighted by molar-refractivity contribution is 5.01. The molecular formula is C12H21N3O2. The maximum absolute atomic E-state index is 11.6.